The molecule has 0 unspecified atom stereocenters. The molecular formula is C18H18N4O3. The highest BCUT2D eigenvalue weighted by atomic mass is 16.5. The molecule has 0 radical (unpaired) electrons. The molecule has 0 amide bonds. The van der Waals surface area contributed by atoms with Gasteiger partial charge >= 0.3 is 5.97 Å². The largest absolute Gasteiger partial charge is 0.478 e. The van der Waals surface area contributed by atoms with E-state index < -0.39 is 5.97 Å². The Bertz CT molecular complexity index is 891. The normalized spacial score (nSPS) is 10.8. The fraction of sp³-hybridized carbons (Fsp3) is 0.222. The van der Waals surface area contributed by atoms with Gasteiger partial charge in [0, 0.05) is 6.61 Å². The maximum atomic E-state index is 11.7. The molecule has 0 fully saturated rings. The van der Waals surface area contributed by atoms with E-state index in [1.54, 1.807) is 13.0 Å². The van der Waals surface area contributed by atoms with Crippen LogP contribution >= 0.6 is 0 Å². The second-order valence-electron chi connectivity index (χ2n) is 5.48. The first-order valence-electron chi connectivity index (χ1n) is 7.90. The van der Waals surface area contributed by atoms with Gasteiger partial charge in [0.2, 0.25) is 0 Å². The van der Waals surface area contributed by atoms with Crippen LogP contribution in [0.5, 0.6) is 0 Å². The predicted octanol–water partition coefficient (Wildman–Crippen LogP) is 2.87. The number of hydrogen-bond acceptors (Lipinski definition) is 5. The fourth-order valence-corrected chi connectivity index (χ4v) is 2.61. The topological polar surface area (TPSA) is 90.1 Å². The number of carbonyl (C=O) groups is 1. The lowest BCUT2D eigenvalue weighted by molar-refractivity contribution is 0.0696. The summed E-state index contributed by atoms with van der Waals surface area (Å²) in [7, 11) is 0. The van der Waals surface area contributed by atoms with Crippen molar-refractivity contribution in [2.45, 2.75) is 20.5 Å². The number of nitrogens with zero attached hydrogens (tertiary/aromatic N) is 4. The van der Waals surface area contributed by atoms with Crippen LogP contribution in [-0.2, 0) is 11.3 Å². The maximum absolute atomic E-state index is 11.7. The van der Waals surface area contributed by atoms with Crippen molar-refractivity contribution < 1.29 is 14.6 Å². The highest BCUT2D eigenvalue weighted by Crippen LogP contribution is 2.28. The zero-order valence-electron chi connectivity index (χ0n) is 14.0. The Kier molecular flexibility index (Phi) is 4.85. The molecule has 128 valence electrons. The number of aromatic nitrogens is 4. The first kappa shape index (κ1) is 16.8. The zero-order valence-corrected chi connectivity index (χ0v) is 14.0. The zero-order chi connectivity index (χ0) is 17.8. The molecule has 0 saturated carbocycles. The average molecular weight is 338 g/mol. The van der Waals surface area contributed by atoms with Gasteiger partial charge in [0.1, 0.15) is 6.61 Å². The van der Waals surface area contributed by atoms with Gasteiger partial charge in [-0.2, -0.15) is 4.68 Å². The standard InChI is InChI=1S/C18H18N4O3/c1-3-25-11-17-19-20-21-22(17)16-10-14(13-7-5-4-6-8-13)9-15(12(16)2)18(23)24/h4-10H,3,11H2,1-2H3,(H,23,24). The summed E-state index contributed by atoms with van der Waals surface area (Å²) in [6.07, 6.45) is 0. The van der Waals surface area contributed by atoms with Crippen molar-refractivity contribution in [1.29, 1.82) is 0 Å². The van der Waals surface area contributed by atoms with Crippen molar-refractivity contribution in [1.82, 2.24) is 20.2 Å². The van der Waals surface area contributed by atoms with Gasteiger partial charge in [-0.15, -0.1) is 5.10 Å². The molecule has 1 aromatic heterocycles. The van der Waals surface area contributed by atoms with Crippen LogP contribution in [0.4, 0.5) is 0 Å². The lowest BCUT2D eigenvalue weighted by atomic mass is 9.98. The SMILES string of the molecule is CCOCc1nnnn1-c1cc(-c2ccccc2)cc(C(=O)O)c1C. The minimum atomic E-state index is -0.990. The van der Waals surface area contributed by atoms with Crippen LogP contribution in [0, 0.1) is 6.92 Å². The Morgan fingerprint density at radius 3 is 2.64 bits per heavy atom. The number of aromatic carboxylic acids is 1. The summed E-state index contributed by atoms with van der Waals surface area (Å²) in [4.78, 5) is 11.7. The Morgan fingerprint density at radius 1 is 1.20 bits per heavy atom. The van der Waals surface area contributed by atoms with Crippen LogP contribution in [0.1, 0.15) is 28.7 Å². The van der Waals surface area contributed by atoms with Crippen LogP contribution in [-0.4, -0.2) is 37.9 Å². The Labute approximate surface area is 144 Å². The molecule has 0 aliphatic heterocycles. The average Bonchev–Trinajstić information content (AvgIpc) is 3.09. The minimum Gasteiger partial charge on any atom is -0.478 e. The number of hydrogen-bond donors (Lipinski definition) is 1. The summed E-state index contributed by atoms with van der Waals surface area (Å²) >= 11 is 0. The number of carboxylic acids is 1. The van der Waals surface area contributed by atoms with Crippen molar-refractivity contribution in [3.05, 3.63) is 59.4 Å². The Hall–Kier alpha value is -3.06. The molecule has 3 aromatic rings. The Morgan fingerprint density at radius 2 is 1.96 bits per heavy atom. The van der Waals surface area contributed by atoms with E-state index in [0.29, 0.717) is 23.7 Å². The van der Waals surface area contributed by atoms with Gasteiger partial charge in [-0.05, 0) is 53.1 Å². The van der Waals surface area contributed by atoms with E-state index in [2.05, 4.69) is 15.5 Å². The molecule has 0 bridgehead atoms. The van der Waals surface area contributed by atoms with Gasteiger partial charge in [-0.25, -0.2) is 4.79 Å². The number of carboxylic acid groups (broad SMARTS) is 1. The molecule has 25 heavy (non-hydrogen) atoms. The quantitative estimate of drug-likeness (QED) is 0.743. The monoisotopic (exact) mass is 338 g/mol. The van der Waals surface area contributed by atoms with Crippen LogP contribution in [0.3, 0.4) is 0 Å². The van der Waals surface area contributed by atoms with E-state index in [1.807, 2.05) is 43.3 Å². The van der Waals surface area contributed by atoms with Crippen molar-refractivity contribution in [3.63, 3.8) is 0 Å². The third-order valence-electron chi connectivity index (χ3n) is 3.92. The predicted molar refractivity (Wildman–Crippen MR) is 91.6 cm³/mol. The lowest BCUT2D eigenvalue weighted by Crippen LogP contribution is -2.10. The molecule has 0 spiro atoms. The van der Waals surface area contributed by atoms with E-state index in [-0.39, 0.29) is 12.2 Å². The van der Waals surface area contributed by atoms with Crippen molar-refractivity contribution in [3.8, 4) is 16.8 Å². The molecular weight excluding hydrogens is 320 g/mol. The van der Waals surface area contributed by atoms with Crippen LogP contribution in [0.25, 0.3) is 16.8 Å². The molecule has 0 aliphatic carbocycles. The van der Waals surface area contributed by atoms with Gasteiger partial charge in [-0.1, -0.05) is 30.3 Å². The van der Waals surface area contributed by atoms with Crippen LogP contribution < -0.4 is 0 Å². The van der Waals surface area contributed by atoms with Crippen LogP contribution in [0.2, 0.25) is 0 Å². The molecule has 3 rings (SSSR count). The smallest absolute Gasteiger partial charge is 0.336 e. The highest BCUT2D eigenvalue weighted by molar-refractivity contribution is 5.92. The van der Waals surface area contributed by atoms with E-state index in [9.17, 15) is 9.90 Å². The van der Waals surface area contributed by atoms with Gasteiger partial charge in [0.25, 0.3) is 0 Å². The van der Waals surface area contributed by atoms with Gasteiger partial charge in [0.05, 0.1) is 11.3 Å². The molecule has 0 aliphatic rings. The number of benzene rings is 2. The molecule has 7 nitrogen and oxygen atoms in total. The minimum absolute atomic E-state index is 0.217. The van der Waals surface area contributed by atoms with E-state index in [1.165, 1.54) is 4.68 Å². The van der Waals surface area contributed by atoms with Crippen LogP contribution in [0.15, 0.2) is 42.5 Å². The second-order valence-corrected chi connectivity index (χ2v) is 5.48. The van der Waals surface area contributed by atoms with Gasteiger partial charge in [0.15, 0.2) is 5.82 Å². The maximum Gasteiger partial charge on any atom is 0.336 e. The first-order valence-corrected chi connectivity index (χ1v) is 7.90. The van der Waals surface area contributed by atoms with E-state index in [4.69, 9.17) is 4.74 Å². The van der Waals surface area contributed by atoms with Crippen molar-refractivity contribution in [2.24, 2.45) is 0 Å². The molecule has 1 N–H and O–H groups in total. The van der Waals surface area contributed by atoms with Crippen molar-refractivity contribution >= 4 is 5.97 Å². The molecule has 0 atom stereocenters. The highest BCUT2D eigenvalue weighted by Gasteiger charge is 2.18. The lowest BCUT2D eigenvalue weighted by Gasteiger charge is -2.13. The van der Waals surface area contributed by atoms with E-state index >= 15 is 0 Å². The summed E-state index contributed by atoms with van der Waals surface area (Å²) < 4.78 is 6.92. The summed E-state index contributed by atoms with van der Waals surface area (Å²) in [5.74, 6) is -0.470. The molecule has 0 saturated heterocycles. The summed E-state index contributed by atoms with van der Waals surface area (Å²) in [6, 6.07) is 13.2. The second kappa shape index (κ2) is 7.23. The summed E-state index contributed by atoms with van der Waals surface area (Å²) in [5.41, 5.74) is 3.15. The van der Waals surface area contributed by atoms with Gasteiger partial charge < -0.3 is 9.84 Å². The third-order valence-corrected chi connectivity index (χ3v) is 3.92. The van der Waals surface area contributed by atoms with Crippen molar-refractivity contribution in [2.75, 3.05) is 6.61 Å². The Balaban J connectivity index is 2.18. The van der Waals surface area contributed by atoms with Gasteiger partial charge in [-0.3, -0.25) is 0 Å². The first-order chi connectivity index (χ1) is 12.1. The number of rotatable bonds is 6. The molecule has 1 heterocycles. The summed E-state index contributed by atoms with van der Waals surface area (Å²) in [6.45, 7) is 4.43. The number of ether oxygens (including phenoxy) is 1. The third kappa shape index (κ3) is 3.41. The number of tetrazole rings is 1. The van der Waals surface area contributed by atoms with E-state index in [0.717, 1.165) is 11.1 Å². The molecule has 7 heteroatoms. The fourth-order valence-electron chi connectivity index (χ4n) is 2.61. The molecule has 2 aromatic carbocycles. The summed E-state index contributed by atoms with van der Waals surface area (Å²) in [5, 5.41) is 21.3.